The van der Waals surface area contributed by atoms with E-state index in [1.165, 1.54) is 93.5 Å². The van der Waals surface area contributed by atoms with Crippen molar-refractivity contribution in [3.8, 4) is 44.8 Å². The van der Waals surface area contributed by atoms with E-state index in [1.807, 2.05) is 0 Å². The molecule has 1 aliphatic rings. The fourth-order valence-corrected chi connectivity index (χ4v) is 9.81. The van der Waals surface area contributed by atoms with Crippen LogP contribution in [0.1, 0.15) is 0 Å². The van der Waals surface area contributed by atoms with E-state index in [-0.39, 0.29) is 0 Å². The summed E-state index contributed by atoms with van der Waals surface area (Å²) >= 11 is 0. The van der Waals surface area contributed by atoms with Crippen LogP contribution in [0, 0.1) is 0 Å². The van der Waals surface area contributed by atoms with Gasteiger partial charge in [0.1, 0.15) is 11.2 Å². The highest BCUT2D eigenvalue weighted by molar-refractivity contribution is 6.31. The topological polar surface area (TPSA) is 23.0 Å². The van der Waals surface area contributed by atoms with Gasteiger partial charge in [-0.3, -0.25) is 0 Å². The van der Waals surface area contributed by atoms with Gasteiger partial charge in [-0.05, 0) is 87.3 Å². The van der Waals surface area contributed by atoms with Crippen molar-refractivity contribution in [3.05, 3.63) is 182 Å². The molecule has 0 spiro atoms. The zero-order valence-corrected chi connectivity index (χ0v) is 29.6. The molecular formula is C52H30N2O. The summed E-state index contributed by atoms with van der Waals surface area (Å²) < 4.78 is 11.6. The van der Waals surface area contributed by atoms with Crippen molar-refractivity contribution < 1.29 is 4.42 Å². The Bertz CT molecular complexity index is 3570. The molecule has 0 bridgehead atoms. The van der Waals surface area contributed by atoms with E-state index in [0.717, 1.165) is 27.6 Å². The summed E-state index contributed by atoms with van der Waals surface area (Å²) in [5, 5.41) is 9.72. The highest BCUT2D eigenvalue weighted by atomic mass is 16.3. The smallest absolute Gasteiger partial charge is 0.137 e. The lowest BCUT2D eigenvalue weighted by molar-refractivity contribution is 0.669. The lowest BCUT2D eigenvalue weighted by atomic mass is 10.0. The average molecular weight is 699 g/mol. The monoisotopic (exact) mass is 698 g/mol. The minimum atomic E-state index is 0.896. The zero-order chi connectivity index (χ0) is 35.8. The molecule has 9 aromatic carbocycles. The summed E-state index contributed by atoms with van der Waals surface area (Å²) in [6, 6.07) is 66.4. The highest BCUT2D eigenvalue weighted by Gasteiger charge is 2.27. The summed E-state index contributed by atoms with van der Waals surface area (Å²) in [5.41, 5.74) is 16.4. The van der Waals surface area contributed by atoms with Crippen LogP contribution in [0.2, 0.25) is 0 Å². The Balaban J connectivity index is 1.23. The molecule has 0 saturated heterocycles. The molecular weight excluding hydrogens is 669 g/mol. The third-order valence-corrected chi connectivity index (χ3v) is 12.0. The molecule has 0 atom stereocenters. The molecule has 1 aliphatic carbocycles. The molecule has 0 aliphatic heterocycles. The Morgan fingerprint density at radius 1 is 0.327 bits per heavy atom. The third kappa shape index (κ3) is 3.79. The quantitative estimate of drug-likeness (QED) is 0.180. The van der Waals surface area contributed by atoms with E-state index >= 15 is 0 Å². The Morgan fingerprint density at radius 3 is 1.85 bits per heavy atom. The van der Waals surface area contributed by atoms with Crippen LogP contribution in [0.3, 0.4) is 0 Å². The van der Waals surface area contributed by atoms with Crippen molar-refractivity contribution in [1.29, 1.82) is 0 Å². The van der Waals surface area contributed by atoms with Crippen LogP contribution >= 0.6 is 0 Å². The average Bonchev–Trinajstić information content (AvgIpc) is 3.98. The molecule has 3 aromatic heterocycles. The number of nitrogens with zero attached hydrogens (tertiary/aromatic N) is 2. The molecule has 55 heavy (non-hydrogen) atoms. The lowest BCUT2D eigenvalue weighted by Gasteiger charge is -2.15. The van der Waals surface area contributed by atoms with Crippen LogP contribution < -0.4 is 0 Å². The maximum absolute atomic E-state index is 6.58. The molecule has 3 heterocycles. The normalized spacial score (nSPS) is 12.4. The van der Waals surface area contributed by atoms with Crippen LogP contribution in [0.5, 0.6) is 0 Å². The van der Waals surface area contributed by atoms with Gasteiger partial charge in [0.05, 0.1) is 33.1 Å². The number of furan rings is 1. The second-order valence-electron chi connectivity index (χ2n) is 14.8. The van der Waals surface area contributed by atoms with Gasteiger partial charge in [0, 0.05) is 38.0 Å². The number of hydrogen-bond donors (Lipinski definition) is 0. The number of aromatic nitrogens is 2. The summed E-state index contributed by atoms with van der Waals surface area (Å²) in [6.07, 6.45) is 0. The number of rotatable bonds is 3. The van der Waals surface area contributed by atoms with Gasteiger partial charge in [-0.1, -0.05) is 133 Å². The summed E-state index contributed by atoms with van der Waals surface area (Å²) in [7, 11) is 0. The van der Waals surface area contributed by atoms with Gasteiger partial charge in [0.2, 0.25) is 0 Å². The van der Waals surface area contributed by atoms with Gasteiger partial charge >= 0.3 is 0 Å². The van der Waals surface area contributed by atoms with Crippen molar-refractivity contribution in [2.24, 2.45) is 0 Å². The second-order valence-corrected chi connectivity index (χ2v) is 14.8. The predicted molar refractivity (Wildman–Crippen MR) is 230 cm³/mol. The minimum Gasteiger partial charge on any atom is -0.456 e. The molecule has 0 saturated carbocycles. The van der Waals surface area contributed by atoms with Gasteiger partial charge in [-0.25, -0.2) is 0 Å². The molecule has 254 valence electrons. The van der Waals surface area contributed by atoms with Gasteiger partial charge in [-0.15, -0.1) is 0 Å². The molecule has 0 N–H and O–H groups in total. The highest BCUT2D eigenvalue weighted by Crippen LogP contribution is 2.51. The molecule has 0 radical (unpaired) electrons. The number of hydrogen-bond acceptors (Lipinski definition) is 1. The minimum absolute atomic E-state index is 0.896. The Kier molecular flexibility index (Phi) is 5.63. The van der Waals surface area contributed by atoms with Crippen LogP contribution in [0.25, 0.3) is 121 Å². The van der Waals surface area contributed by atoms with Gasteiger partial charge < -0.3 is 13.6 Å². The molecule has 12 aromatic rings. The van der Waals surface area contributed by atoms with Gasteiger partial charge in [0.15, 0.2) is 0 Å². The van der Waals surface area contributed by atoms with Crippen molar-refractivity contribution in [3.63, 3.8) is 0 Å². The molecule has 0 fully saturated rings. The van der Waals surface area contributed by atoms with E-state index < -0.39 is 0 Å². The van der Waals surface area contributed by atoms with E-state index in [9.17, 15) is 0 Å². The van der Waals surface area contributed by atoms with Crippen molar-refractivity contribution in [2.75, 3.05) is 0 Å². The van der Waals surface area contributed by atoms with E-state index in [0.29, 0.717) is 0 Å². The summed E-state index contributed by atoms with van der Waals surface area (Å²) in [4.78, 5) is 0. The largest absolute Gasteiger partial charge is 0.456 e. The third-order valence-electron chi connectivity index (χ3n) is 12.0. The lowest BCUT2D eigenvalue weighted by Crippen LogP contribution is -1.97. The number of para-hydroxylation sites is 2. The molecule has 0 unspecified atom stereocenters. The van der Waals surface area contributed by atoms with Crippen LogP contribution in [-0.4, -0.2) is 9.13 Å². The van der Waals surface area contributed by atoms with Gasteiger partial charge in [-0.2, -0.15) is 0 Å². The van der Waals surface area contributed by atoms with Gasteiger partial charge in [0.25, 0.3) is 0 Å². The fourth-order valence-electron chi connectivity index (χ4n) is 9.81. The van der Waals surface area contributed by atoms with Crippen molar-refractivity contribution >= 4 is 76.3 Å². The number of benzene rings is 9. The first-order valence-electron chi connectivity index (χ1n) is 18.9. The first kappa shape index (κ1) is 29.1. The Labute approximate surface area is 315 Å². The second kappa shape index (κ2) is 10.6. The molecule has 0 amide bonds. The maximum Gasteiger partial charge on any atom is 0.137 e. The molecule has 3 heteroatoms. The van der Waals surface area contributed by atoms with E-state index in [4.69, 9.17) is 4.42 Å². The summed E-state index contributed by atoms with van der Waals surface area (Å²) in [6.45, 7) is 0. The SMILES string of the molecule is c1ccc(-c2cccc(-n3c4ccccc4c4c3ccc3c5ccc6oc7ccccc7c6c5n(-c5ccc6c7c(cccc57)-c5ccccc5-6)c34)c2)cc1. The number of fused-ring (bicyclic) bond motifs is 14. The van der Waals surface area contributed by atoms with E-state index in [1.54, 1.807) is 0 Å². The standard InChI is InChI=1S/C52H30N2O/c1-2-12-31(13-3-1)32-14-10-15-33(30-32)53-43-22-8-6-18-41(43)49-45(53)28-25-38-39-26-29-47-50(42-19-7-9-23-46(42)55-47)52(39)54(51(38)49)44-27-24-37-35-17-5-4-16-34(35)36-20-11-21-40(44)48(36)37/h1-30H. The Hall–Kier alpha value is -7.36. The van der Waals surface area contributed by atoms with Crippen molar-refractivity contribution in [2.45, 2.75) is 0 Å². The van der Waals surface area contributed by atoms with Crippen molar-refractivity contribution in [1.82, 2.24) is 9.13 Å². The predicted octanol–water partition coefficient (Wildman–Crippen LogP) is 14.2. The first-order valence-corrected chi connectivity index (χ1v) is 18.9. The van der Waals surface area contributed by atoms with Crippen LogP contribution in [0.15, 0.2) is 186 Å². The fraction of sp³-hybridized carbons (Fsp3) is 0. The molecule has 3 nitrogen and oxygen atoms in total. The van der Waals surface area contributed by atoms with Crippen LogP contribution in [0.4, 0.5) is 0 Å². The maximum atomic E-state index is 6.58. The first-order chi connectivity index (χ1) is 27.3. The Morgan fingerprint density at radius 2 is 0.982 bits per heavy atom. The van der Waals surface area contributed by atoms with Crippen LogP contribution in [-0.2, 0) is 0 Å². The summed E-state index contributed by atoms with van der Waals surface area (Å²) in [5.74, 6) is 0. The zero-order valence-electron chi connectivity index (χ0n) is 29.6. The van der Waals surface area contributed by atoms with E-state index in [2.05, 4.69) is 191 Å². The molecule has 13 rings (SSSR count).